The van der Waals surface area contributed by atoms with E-state index in [-0.39, 0.29) is 18.4 Å². The van der Waals surface area contributed by atoms with Crippen molar-refractivity contribution in [2.45, 2.75) is 59.2 Å². The first-order valence-electron chi connectivity index (χ1n) is 13.2. The Balaban J connectivity index is 0.00000141. The molecule has 0 saturated carbocycles. The second-order valence-corrected chi connectivity index (χ2v) is 10.4. The van der Waals surface area contributed by atoms with Gasteiger partial charge in [0.15, 0.2) is 0 Å². The highest BCUT2D eigenvalue weighted by molar-refractivity contribution is 5.94. The van der Waals surface area contributed by atoms with Gasteiger partial charge in [-0.05, 0) is 68.3 Å². The lowest BCUT2D eigenvalue weighted by molar-refractivity contribution is -0.108. The molecule has 0 aliphatic rings. The molecule has 3 heterocycles. The van der Waals surface area contributed by atoms with Gasteiger partial charge in [-0.25, -0.2) is 0 Å². The number of methoxy groups -OCH3 is 1. The molecule has 2 unspecified atom stereocenters. The smallest absolute Gasteiger partial charge is 0.229 e. The van der Waals surface area contributed by atoms with E-state index in [1.807, 2.05) is 44.2 Å². The van der Waals surface area contributed by atoms with Crippen LogP contribution in [0.3, 0.4) is 0 Å². The third-order valence-electron chi connectivity index (χ3n) is 6.56. The number of aromatic nitrogens is 4. The van der Waals surface area contributed by atoms with E-state index in [1.165, 1.54) is 0 Å². The molecule has 10 heteroatoms. The highest BCUT2D eigenvalue weighted by Crippen LogP contribution is 2.41. The summed E-state index contributed by atoms with van der Waals surface area (Å²) in [6.45, 7) is 12.0. The molecule has 0 saturated heterocycles. The van der Waals surface area contributed by atoms with Gasteiger partial charge in [0.05, 0.1) is 23.9 Å². The summed E-state index contributed by atoms with van der Waals surface area (Å²) in [7, 11) is 3.25. The third kappa shape index (κ3) is 6.70. The van der Waals surface area contributed by atoms with Gasteiger partial charge in [-0.2, -0.15) is 4.98 Å². The summed E-state index contributed by atoms with van der Waals surface area (Å²) in [6.07, 6.45) is 2.44. The molecule has 214 valence electrons. The van der Waals surface area contributed by atoms with E-state index in [0.717, 1.165) is 33.3 Å². The molecule has 0 amide bonds. The standard InChI is InChI=1S/C28H33N5O4.C2H6O/c1-6-33-23-10-9-18(27-31-24(37-32-27)13-19(15-34)29-5)12-21(23)22(14-28(3,4)16-35)26(33)20-8-7-11-30-25(20)17(2)36;1-3-2/h7-12,15,17,19,35-36H,5-6,13-14,16H2,1-4H3;1-2H3. The summed E-state index contributed by atoms with van der Waals surface area (Å²) >= 11 is 0. The molecule has 2 N–H and O–H groups in total. The first-order valence-corrected chi connectivity index (χ1v) is 13.2. The number of benzene rings is 1. The maximum Gasteiger partial charge on any atom is 0.229 e. The number of aliphatic imine (C=N–C) groups is 1. The minimum absolute atomic E-state index is 0.0185. The van der Waals surface area contributed by atoms with E-state index in [2.05, 4.69) is 43.1 Å². The Morgan fingerprint density at radius 1 is 1.27 bits per heavy atom. The molecule has 3 aromatic heterocycles. The molecule has 0 spiro atoms. The van der Waals surface area contributed by atoms with Crippen LogP contribution in [0.15, 0.2) is 46.0 Å². The summed E-state index contributed by atoms with van der Waals surface area (Å²) in [5.41, 5.74) is 4.89. The molecule has 10 nitrogen and oxygen atoms in total. The SMILES string of the molecule is C=NC(C=O)Cc1nc(-c2ccc3c(c2)c(CC(C)(C)CO)c(-c2cccnc2C(C)O)n3CC)no1.COC. The number of ether oxygens (including phenoxy) is 1. The van der Waals surface area contributed by atoms with Crippen LogP contribution >= 0.6 is 0 Å². The number of hydrogen-bond donors (Lipinski definition) is 2. The number of fused-ring (bicyclic) bond motifs is 1. The van der Waals surface area contributed by atoms with Crippen molar-refractivity contribution in [2.75, 3.05) is 20.8 Å². The van der Waals surface area contributed by atoms with E-state index in [1.54, 1.807) is 27.3 Å². The Hall–Kier alpha value is -3.73. The van der Waals surface area contributed by atoms with Gasteiger partial charge in [-0.3, -0.25) is 9.98 Å². The first kappa shape index (κ1) is 30.8. The predicted molar refractivity (Wildman–Crippen MR) is 155 cm³/mol. The van der Waals surface area contributed by atoms with Crippen LogP contribution in [0.4, 0.5) is 0 Å². The van der Waals surface area contributed by atoms with Crippen molar-refractivity contribution in [1.29, 1.82) is 0 Å². The Kier molecular flexibility index (Phi) is 10.4. The summed E-state index contributed by atoms with van der Waals surface area (Å²) in [5, 5.41) is 25.7. The molecule has 4 aromatic rings. The molecular weight excluding hydrogens is 510 g/mol. The van der Waals surface area contributed by atoms with Crippen LogP contribution in [0.5, 0.6) is 0 Å². The molecule has 4 rings (SSSR count). The van der Waals surface area contributed by atoms with Crippen LogP contribution in [-0.4, -0.2) is 69.8 Å². The van der Waals surface area contributed by atoms with Crippen LogP contribution in [0.1, 0.15) is 50.9 Å². The van der Waals surface area contributed by atoms with Gasteiger partial charge in [0.1, 0.15) is 12.3 Å². The molecule has 0 fully saturated rings. The van der Waals surface area contributed by atoms with Gasteiger partial charge in [-0.15, -0.1) is 0 Å². The molecule has 0 bridgehead atoms. The van der Waals surface area contributed by atoms with E-state index in [0.29, 0.717) is 36.7 Å². The number of nitrogens with zero attached hydrogens (tertiary/aromatic N) is 5. The molecule has 0 aliphatic heterocycles. The fraction of sp³-hybridized carbons (Fsp3) is 0.433. The largest absolute Gasteiger partial charge is 0.396 e. The highest BCUT2D eigenvalue weighted by Gasteiger charge is 2.27. The Labute approximate surface area is 234 Å². The topological polar surface area (TPSA) is 136 Å². The summed E-state index contributed by atoms with van der Waals surface area (Å²) in [6, 6.07) is 9.22. The van der Waals surface area contributed by atoms with Crippen LogP contribution < -0.4 is 0 Å². The second-order valence-electron chi connectivity index (χ2n) is 10.4. The molecule has 40 heavy (non-hydrogen) atoms. The fourth-order valence-corrected chi connectivity index (χ4v) is 4.65. The molecule has 0 aliphatic carbocycles. The lowest BCUT2D eigenvalue weighted by Gasteiger charge is -2.23. The number of aldehydes is 1. The van der Waals surface area contributed by atoms with Gasteiger partial charge < -0.3 is 28.8 Å². The quantitative estimate of drug-likeness (QED) is 0.207. The van der Waals surface area contributed by atoms with Gasteiger partial charge in [-0.1, -0.05) is 19.0 Å². The number of aryl methyl sites for hydroxylation is 1. The minimum Gasteiger partial charge on any atom is -0.396 e. The average Bonchev–Trinajstić information content (AvgIpc) is 3.54. The number of aliphatic hydroxyl groups is 2. The van der Waals surface area contributed by atoms with Gasteiger partial charge >= 0.3 is 0 Å². The van der Waals surface area contributed by atoms with Crippen molar-refractivity contribution in [3.8, 4) is 22.6 Å². The van der Waals surface area contributed by atoms with Crippen LogP contribution in [0, 0.1) is 5.41 Å². The zero-order chi connectivity index (χ0) is 29.4. The number of rotatable bonds is 11. The van der Waals surface area contributed by atoms with Crippen molar-refractivity contribution in [2.24, 2.45) is 10.4 Å². The van der Waals surface area contributed by atoms with E-state index in [9.17, 15) is 15.0 Å². The number of hydrogen-bond acceptors (Lipinski definition) is 9. The van der Waals surface area contributed by atoms with Crippen molar-refractivity contribution >= 4 is 23.9 Å². The zero-order valence-corrected chi connectivity index (χ0v) is 24.1. The summed E-state index contributed by atoms with van der Waals surface area (Å²) in [4.78, 5) is 23.8. The maximum atomic E-state index is 11.1. The normalized spacial score (nSPS) is 13.0. The van der Waals surface area contributed by atoms with E-state index < -0.39 is 12.1 Å². The Morgan fingerprint density at radius 3 is 2.60 bits per heavy atom. The minimum atomic E-state index is -0.744. The highest BCUT2D eigenvalue weighted by atomic mass is 16.5. The summed E-state index contributed by atoms with van der Waals surface area (Å²) < 4.78 is 11.8. The van der Waals surface area contributed by atoms with E-state index in [4.69, 9.17) is 4.52 Å². The molecular formula is C30H39N5O5. The Bertz CT molecular complexity index is 1430. The number of carbonyl (C=O) groups is 1. The van der Waals surface area contributed by atoms with Gasteiger partial charge in [0, 0.05) is 55.6 Å². The zero-order valence-electron chi connectivity index (χ0n) is 24.1. The van der Waals surface area contributed by atoms with Crippen molar-refractivity contribution in [3.05, 3.63) is 53.7 Å². The van der Waals surface area contributed by atoms with Crippen LogP contribution in [0.25, 0.3) is 33.5 Å². The third-order valence-corrected chi connectivity index (χ3v) is 6.56. The molecule has 1 aromatic carbocycles. The number of aliphatic hydroxyl groups excluding tert-OH is 2. The van der Waals surface area contributed by atoms with E-state index >= 15 is 0 Å². The van der Waals surface area contributed by atoms with Crippen molar-refractivity contribution in [3.63, 3.8) is 0 Å². The number of pyridine rings is 1. The second kappa shape index (κ2) is 13.6. The first-order chi connectivity index (χ1) is 19.1. The van der Waals surface area contributed by atoms with Crippen molar-refractivity contribution in [1.82, 2.24) is 19.7 Å². The Morgan fingerprint density at radius 2 is 2.00 bits per heavy atom. The fourth-order valence-electron chi connectivity index (χ4n) is 4.65. The molecule has 0 radical (unpaired) electrons. The average molecular weight is 550 g/mol. The van der Waals surface area contributed by atoms with Crippen molar-refractivity contribution < 1.29 is 24.3 Å². The molecule has 2 atom stereocenters. The van der Waals surface area contributed by atoms with Gasteiger partial charge in [0.2, 0.25) is 11.7 Å². The predicted octanol–water partition coefficient (Wildman–Crippen LogP) is 4.46. The van der Waals surface area contributed by atoms with Crippen LogP contribution in [0.2, 0.25) is 0 Å². The maximum absolute atomic E-state index is 11.1. The lowest BCUT2D eigenvalue weighted by Crippen LogP contribution is -2.20. The monoisotopic (exact) mass is 549 g/mol. The number of carbonyl (C=O) groups excluding carboxylic acids is 1. The lowest BCUT2D eigenvalue weighted by atomic mass is 9.84. The van der Waals surface area contributed by atoms with Crippen LogP contribution in [-0.2, 0) is 28.9 Å². The summed E-state index contributed by atoms with van der Waals surface area (Å²) in [5.74, 6) is 0.722. The van der Waals surface area contributed by atoms with Gasteiger partial charge in [0.25, 0.3) is 0 Å².